The van der Waals surface area contributed by atoms with E-state index in [-0.39, 0.29) is 0 Å². The second-order valence-corrected chi connectivity index (χ2v) is 6.19. The van der Waals surface area contributed by atoms with Gasteiger partial charge in [0.1, 0.15) is 0 Å². The number of aromatic nitrogens is 1. The Hall–Kier alpha value is -0.800. The zero-order valence-electron chi connectivity index (χ0n) is 10.3. The number of fused-ring (bicyclic) bond motifs is 1. The van der Waals surface area contributed by atoms with E-state index in [9.17, 15) is 0 Å². The third-order valence-electron chi connectivity index (χ3n) is 2.56. The van der Waals surface area contributed by atoms with Gasteiger partial charge in [-0.1, -0.05) is 42.9 Å². The monoisotopic (exact) mass is 268 g/mol. The van der Waals surface area contributed by atoms with Crippen molar-refractivity contribution in [3.63, 3.8) is 0 Å². The van der Waals surface area contributed by atoms with Gasteiger partial charge in [0, 0.05) is 6.04 Å². The Balaban J connectivity index is 2.17. The molecule has 2 aromatic rings. The highest BCUT2D eigenvalue weighted by atomic mass is 35.5. The number of rotatable bonds is 4. The molecule has 4 heteroatoms. The molecule has 0 aliphatic carbocycles. The maximum atomic E-state index is 6.13. The van der Waals surface area contributed by atoms with E-state index in [4.69, 9.17) is 11.6 Å². The van der Waals surface area contributed by atoms with Crippen LogP contribution in [0.3, 0.4) is 0 Å². The molecule has 0 aliphatic heterocycles. The molecule has 1 atom stereocenters. The van der Waals surface area contributed by atoms with Crippen molar-refractivity contribution in [1.29, 1.82) is 0 Å². The maximum Gasteiger partial charge on any atom is 0.184 e. The van der Waals surface area contributed by atoms with Gasteiger partial charge < -0.3 is 5.32 Å². The third-order valence-corrected chi connectivity index (χ3v) is 4.02. The number of anilines is 1. The predicted molar refractivity (Wildman–Crippen MR) is 77.2 cm³/mol. The van der Waals surface area contributed by atoms with Crippen molar-refractivity contribution in [3.05, 3.63) is 23.2 Å². The maximum absolute atomic E-state index is 6.13. The molecule has 0 saturated heterocycles. The first kappa shape index (κ1) is 12.7. The highest BCUT2D eigenvalue weighted by molar-refractivity contribution is 7.22. The van der Waals surface area contributed by atoms with Crippen LogP contribution in [0.15, 0.2) is 18.2 Å². The second-order valence-electron chi connectivity index (χ2n) is 4.78. The average molecular weight is 269 g/mol. The summed E-state index contributed by atoms with van der Waals surface area (Å²) in [6, 6.07) is 6.28. The number of halogens is 1. The van der Waals surface area contributed by atoms with Gasteiger partial charge in [-0.25, -0.2) is 4.98 Å². The summed E-state index contributed by atoms with van der Waals surface area (Å²) in [5.41, 5.74) is 0.974. The topological polar surface area (TPSA) is 24.9 Å². The van der Waals surface area contributed by atoms with Crippen LogP contribution in [0.4, 0.5) is 5.13 Å². The summed E-state index contributed by atoms with van der Waals surface area (Å²) in [5, 5.41) is 5.18. The zero-order valence-corrected chi connectivity index (χ0v) is 11.9. The summed E-state index contributed by atoms with van der Waals surface area (Å²) in [5.74, 6) is 0.690. The lowest BCUT2D eigenvalue weighted by Gasteiger charge is -2.14. The van der Waals surface area contributed by atoms with Crippen LogP contribution in [-0.4, -0.2) is 11.0 Å². The normalized spacial score (nSPS) is 13.2. The fourth-order valence-corrected chi connectivity index (χ4v) is 3.22. The van der Waals surface area contributed by atoms with Crippen molar-refractivity contribution in [2.45, 2.75) is 33.2 Å². The van der Waals surface area contributed by atoms with Gasteiger partial charge in [-0.05, 0) is 31.4 Å². The smallest absolute Gasteiger partial charge is 0.184 e. The molecule has 1 N–H and O–H groups in total. The molecule has 1 unspecified atom stereocenters. The highest BCUT2D eigenvalue weighted by Crippen LogP contribution is 2.32. The number of nitrogens with zero attached hydrogens (tertiary/aromatic N) is 1. The molecule has 0 amide bonds. The van der Waals surface area contributed by atoms with Crippen molar-refractivity contribution >= 4 is 38.3 Å². The average Bonchev–Trinajstić information content (AvgIpc) is 2.60. The van der Waals surface area contributed by atoms with Crippen LogP contribution >= 0.6 is 22.9 Å². The predicted octanol–water partition coefficient (Wildman–Crippen LogP) is 4.80. The Morgan fingerprint density at radius 3 is 2.76 bits per heavy atom. The molecule has 0 fully saturated rings. The number of benzene rings is 1. The molecule has 0 radical (unpaired) electrons. The third kappa shape index (κ3) is 3.11. The van der Waals surface area contributed by atoms with Crippen LogP contribution < -0.4 is 5.32 Å². The van der Waals surface area contributed by atoms with E-state index >= 15 is 0 Å². The molecule has 0 spiro atoms. The summed E-state index contributed by atoms with van der Waals surface area (Å²) >= 11 is 7.76. The first-order valence-corrected chi connectivity index (χ1v) is 7.07. The molecule has 17 heavy (non-hydrogen) atoms. The van der Waals surface area contributed by atoms with Crippen molar-refractivity contribution in [2.75, 3.05) is 5.32 Å². The Bertz CT molecular complexity index is 507. The minimum absolute atomic E-state index is 0.439. The Labute approximate surface area is 111 Å². The minimum Gasteiger partial charge on any atom is -0.359 e. The number of thiazole rings is 1. The van der Waals surface area contributed by atoms with E-state index in [0.29, 0.717) is 12.0 Å². The Morgan fingerprint density at radius 2 is 2.12 bits per heavy atom. The van der Waals surface area contributed by atoms with Gasteiger partial charge >= 0.3 is 0 Å². The van der Waals surface area contributed by atoms with E-state index in [1.165, 1.54) is 0 Å². The van der Waals surface area contributed by atoms with Gasteiger partial charge in [-0.2, -0.15) is 0 Å². The molecule has 1 aromatic carbocycles. The van der Waals surface area contributed by atoms with Crippen molar-refractivity contribution in [1.82, 2.24) is 4.98 Å². The van der Waals surface area contributed by atoms with Crippen LogP contribution in [0.5, 0.6) is 0 Å². The number of hydrogen-bond donors (Lipinski definition) is 1. The Kier molecular flexibility index (Phi) is 3.89. The standard InChI is InChI=1S/C13H17ClN2S/c1-8(2)7-9(3)15-13-16-11-6-4-5-10(14)12(11)17-13/h4-6,8-9H,7H2,1-3H3,(H,15,16). The van der Waals surface area contributed by atoms with Crippen LogP contribution in [0.25, 0.3) is 10.2 Å². The molecule has 0 bridgehead atoms. The first-order chi connectivity index (χ1) is 8.06. The van der Waals surface area contributed by atoms with E-state index in [0.717, 1.165) is 26.8 Å². The molecule has 2 rings (SSSR count). The minimum atomic E-state index is 0.439. The zero-order chi connectivity index (χ0) is 12.4. The lowest BCUT2D eigenvalue weighted by atomic mass is 10.1. The number of nitrogens with one attached hydrogen (secondary N) is 1. The quantitative estimate of drug-likeness (QED) is 0.862. The largest absolute Gasteiger partial charge is 0.359 e. The van der Waals surface area contributed by atoms with E-state index in [1.807, 2.05) is 18.2 Å². The molecule has 1 aromatic heterocycles. The van der Waals surface area contributed by atoms with E-state index < -0.39 is 0 Å². The van der Waals surface area contributed by atoms with Gasteiger partial charge in [0.05, 0.1) is 15.2 Å². The SMILES string of the molecule is CC(C)CC(C)Nc1nc2cccc(Cl)c2s1. The van der Waals surface area contributed by atoms with Crippen LogP contribution in [0.2, 0.25) is 5.02 Å². The van der Waals surface area contributed by atoms with Crippen LogP contribution in [0.1, 0.15) is 27.2 Å². The van der Waals surface area contributed by atoms with Crippen LogP contribution in [0, 0.1) is 5.92 Å². The highest BCUT2D eigenvalue weighted by Gasteiger charge is 2.10. The molecule has 0 aliphatic rings. The lowest BCUT2D eigenvalue weighted by molar-refractivity contribution is 0.539. The van der Waals surface area contributed by atoms with E-state index in [1.54, 1.807) is 11.3 Å². The van der Waals surface area contributed by atoms with Gasteiger partial charge in [0.25, 0.3) is 0 Å². The van der Waals surface area contributed by atoms with E-state index in [2.05, 4.69) is 31.1 Å². The van der Waals surface area contributed by atoms with Crippen LogP contribution in [-0.2, 0) is 0 Å². The van der Waals surface area contributed by atoms with Crippen molar-refractivity contribution < 1.29 is 0 Å². The van der Waals surface area contributed by atoms with Gasteiger partial charge in [-0.3, -0.25) is 0 Å². The lowest BCUT2D eigenvalue weighted by Crippen LogP contribution is -2.17. The van der Waals surface area contributed by atoms with Crippen molar-refractivity contribution in [3.8, 4) is 0 Å². The summed E-state index contributed by atoms with van der Waals surface area (Å²) in [4.78, 5) is 4.54. The molecule has 2 nitrogen and oxygen atoms in total. The number of hydrogen-bond acceptors (Lipinski definition) is 3. The fourth-order valence-electron chi connectivity index (χ4n) is 1.95. The molecule has 0 saturated carbocycles. The second kappa shape index (κ2) is 5.23. The molecular formula is C13H17ClN2S. The van der Waals surface area contributed by atoms with Gasteiger partial charge in [0.15, 0.2) is 5.13 Å². The summed E-state index contributed by atoms with van der Waals surface area (Å²) in [7, 11) is 0. The van der Waals surface area contributed by atoms with Gasteiger partial charge in [0.2, 0.25) is 0 Å². The van der Waals surface area contributed by atoms with Crippen molar-refractivity contribution in [2.24, 2.45) is 5.92 Å². The summed E-state index contributed by atoms with van der Waals surface area (Å²) < 4.78 is 1.06. The summed E-state index contributed by atoms with van der Waals surface area (Å²) in [6.45, 7) is 6.65. The fraction of sp³-hybridized carbons (Fsp3) is 0.462. The summed E-state index contributed by atoms with van der Waals surface area (Å²) in [6.07, 6.45) is 1.14. The molecule has 92 valence electrons. The molecule has 1 heterocycles. The van der Waals surface area contributed by atoms with Gasteiger partial charge in [-0.15, -0.1) is 0 Å². The first-order valence-electron chi connectivity index (χ1n) is 5.88. The molecular weight excluding hydrogens is 252 g/mol. The Morgan fingerprint density at radius 1 is 1.35 bits per heavy atom.